The summed E-state index contributed by atoms with van der Waals surface area (Å²) < 4.78 is 0. The average Bonchev–Trinajstić information content (AvgIpc) is 3.01. The molecule has 0 bridgehead atoms. The van der Waals surface area contributed by atoms with Crippen LogP contribution in [0.1, 0.15) is 5.56 Å². The van der Waals surface area contributed by atoms with Crippen molar-refractivity contribution in [1.82, 2.24) is 0 Å². The van der Waals surface area contributed by atoms with Crippen LogP contribution in [-0.4, -0.2) is 5.84 Å². The first kappa shape index (κ1) is 14.3. The van der Waals surface area contributed by atoms with Crippen LogP contribution in [0.25, 0.3) is 0 Å². The third-order valence-electron chi connectivity index (χ3n) is 3.96. The van der Waals surface area contributed by atoms with Gasteiger partial charge in [0, 0.05) is 11.3 Å². The van der Waals surface area contributed by atoms with Gasteiger partial charge in [0.15, 0.2) is 5.84 Å². The Morgan fingerprint density at radius 3 is 1.71 bits per heavy atom. The lowest BCUT2D eigenvalue weighted by Gasteiger charge is -2.23. The number of hydrogen-bond acceptors (Lipinski definition) is 3. The Labute approximate surface area is 141 Å². The van der Waals surface area contributed by atoms with Crippen molar-refractivity contribution in [3.63, 3.8) is 0 Å². The number of anilines is 2. The standard InChI is InChI=1S/C21H17N3/c1-17-23(19-13-7-3-8-14-19)21(18-11-5-2-6-12-18)22-24(17)20-15-9-4-10-16-20/h2-16H,1H2. The zero-order valence-electron chi connectivity index (χ0n) is 13.2. The fourth-order valence-electron chi connectivity index (χ4n) is 2.81. The third-order valence-corrected chi connectivity index (χ3v) is 3.96. The number of amidine groups is 1. The first-order valence-electron chi connectivity index (χ1n) is 7.88. The Morgan fingerprint density at radius 1 is 0.625 bits per heavy atom. The fraction of sp³-hybridized carbons (Fsp3) is 0. The molecule has 4 rings (SSSR count). The predicted octanol–water partition coefficient (Wildman–Crippen LogP) is 4.85. The van der Waals surface area contributed by atoms with Crippen molar-refractivity contribution >= 4 is 17.2 Å². The van der Waals surface area contributed by atoms with E-state index in [9.17, 15) is 0 Å². The molecule has 3 aromatic rings. The quantitative estimate of drug-likeness (QED) is 0.689. The van der Waals surface area contributed by atoms with Crippen molar-refractivity contribution in [2.24, 2.45) is 5.10 Å². The molecule has 3 nitrogen and oxygen atoms in total. The van der Waals surface area contributed by atoms with Crippen LogP contribution in [0.15, 0.2) is 108 Å². The molecule has 0 amide bonds. The minimum absolute atomic E-state index is 0.811. The van der Waals surface area contributed by atoms with Crippen LogP contribution in [0.2, 0.25) is 0 Å². The minimum Gasteiger partial charge on any atom is -0.278 e. The summed E-state index contributed by atoms with van der Waals surface area (Å²) in [7, 11) is 0. The van der Waals surface area contributed by atoms with E-state index in [1.165, 1.54) is 0 Å². The molecular weight excluding hydrogens is 294 g/mol. The molecular formula is C21H17N3. The van der Waals surface area contributed by atoms with Crippen LogP contribution < -0.4 is 9.91 Å². The van der Waals surface area contributed by atoms with Gasteiger partial charge in [-0.2, -0.15) is 0 Å². The molecule has 1 aliphatic rings. The lowest BCUT2D eigenvalue weighted by atomic mass is 10.2. The summed E-state index contributed by atoms with van der Waals surface area (Å²) in [4.78, 5) is 2.09. The zero-order valence-corrected chi connectivity index (χ0v) is 13.2. The van der Waals surface area contributed by atoms with E-state index in [1.807, 2.05) is 71.7 Å². The molecule has 0 aromatic heterocycles. The number of benzene rings is 3. The number of rotatable bonds is 3. The molecule has 0 spiro atoms. The molecule has 0 atom stereocenters. The third kappa shape index (κ3) is 2.46. The topological polar surface area (TPSA) is 18.8 Å². The molecule has 116 valence electrons. The van der Waals surface area contributed by atoms with E-state index < -0.39 is 0 Å². The maximum Gasteiger partial charge on any atom is 0.167 e. The number of para-hydroxylation sites is 2. The molecule has 3 aromatic carbocycles. The monoisotopic (exact) mass is 311 g/mol. The molecule has 0 radical (unpaired) electrons. The van der Waals surface area contributed by atoms with Gasteiger partial charge in [-0.25, -0.2) is 5.01 Å². The Balaban J connectivity index is 1.83. The van der Waals surface area contributed by atoms with Gasteiger partial charge in [-0.1, -0.05) is 73.3 Å². The smallest absolute Gasteiger partial charge is 0.167 e. The van der Waals surface area contributed by atoms with Crippen LogP contribution in [0.5, 0.6) is 0 Å². The molecule has 0 aliphatic carbocycles. The average molecular weight is 311 g/mol. The van der Waals surface area contributed by atoms with E-state index in [4.69, 9.17) is 5.10 Å². The van der Waals surface area contributed by atoms with E-state index >= 15 is 0 Å². The van der Waals surface area contributed by atoms with Gasteiger partial charge in [-0.05, 0) is 24.3 Å². The van der Waals surface area contributed by atoms with Crippen molar-refractivity contribution < 1.29 is 0 Å². The van der Waals surface area contributed by atoms with E-state index in [1.54, 1.807) is 0 Å². The lowest BCUT2D eigenvalue weighted by molar-refractivity contribution is 1.03. The van der Waals surface area contributed by atoms with Crippen LogP contribution in [-0.2, 0) is 0 Å². The predicted molar refractivity (Wildman–Crippen MR) is 100.0 cm³/mol. The van der Waals surface area contributed by atoms with Crippen molar-refractivity contribution in [1.29, 1.82) is 0 Å². The van der Waals surface area contributed by atoms with E-state index in [-0.39, 0.29) is 0 Å². The van der Waals surface area contributed by atoms with Crippen molar-refractivity contribution in [2.75, 3.05) is 9.91 Å². The summed E-state index contributed by atoms with van der Waals surface area (Å²) in [5.41, 5.74) is 3.10. The SMILES string of the molecule is C=C1N(c2ccccc2)N=C(c2ccccc2)N1c1ccccc1. The molecule has 24 heavy (non-hydrogen) atoms. The first-order valence-corrected chi connectivity index (χ1v) is 7.88. The Hall–Kier alpha value is -3.33. The number of nitrogens with zero attached hydrogens (tertiary/aromatic N) is 3. The lowest BCUT2D eigenvalue weighted by Crippen LogP contribution is -2.28. The van der Waals surface area contributed by atoms with Crippen LogP contribution in [0.3, 0.4) is 0 Å². The van der Waals surface area contributed by atoms with Crippen LogP contribution in [0.4, 0.5) is 11.4 Å². The molecule has 1 heterocycles. The maximum atomic E-state index is 4.84. The molecule has 1 aliphatic heterocycles. The molecule has 0 saturated carbocycles. The minimum atomic E-state index is 0.811. The summed E-state index contributed by atoms with van der Waals surface area (Å²) in [6, 6.07) is 30.5. The molecule has 3 heteroatoms. The van der Waals surface area contributed by atoms with Crippen molar-refractivity contribution in [3.05, 3.63) is 109 Å². The molecule has 0 N–H and O–H groups in total. The van der Waals surface area contributed by atoms with Gasteiger partial charge in [0.05, 0.1) is 5.69 Å². The second-order valence-electron chi connectivity index (χ2n) is 5.52. The van der Waals surface area contributed by atoms with Gasteiger partial charge in [0.2, 0.25) is 0 Å². The van der Waals surface area contributed by atoms with E-state index in [2.05, 4.69) is 35.7 Å². The highest BCUT2D eigenvalue weighted by Gasteiger charge is 2.30. The van der Waals surface area contributed by atoms with Crippen LogP contribution >= 0.6 is 0 Å². The summed E-state index contributed by atoms with van der Waals surface area (Å²) in [6.45, 7) is 4.28. The number of hydrogen-bond donors (Lipinski definition) is 0. The zero-order chi connectivity index (χ0) is 16.4. The largest absolute Gasteiger partial charge is 0.278 e. The molecule has 0 saturated heterocycles. The Bertz CT molecular complexity index is 871. The van der Waals surface area contributed by atoms with Gasteiger partial charge >= 0.3 is 0 Å². The van der Waals surface area contributed by atoms with E-state index in [0.717, 1.165) is 28.6 Å². The van der Waals surface area contributed by atoms with E-state index in [0.29, 0.717) is 0 Å². The Kier molecular flexibility index (Phi) is 3.60. The number of hydrazone groups is 1. The maximum absolute atomic E-state index is 4.84. The highest BCUT2D eigenvalue weighted by Crippen LogP contribution is 2.32. The highest BCUT2D eigenvalue weighted by molar-refractivity contribution is 6.14. The normalized spacial score (nSPS) is 14.0. The van der Waals surface area contributed by atoms with Crippen LogP contribution in [0, 0.1) is 0 Å². The van der Waals surface area contributed by atoms with Gasteiger partial charge in [0.1, 0.15) is 5.82 Å². The van der Waals surface area contributed by atoms with Gasteiger partial charge in [-0.3, -0.25) is 4.90 Å². The fourth-order valence-corrected chi connectivity index (χ4v) is 2.81. The second kappa shape index (κ2) is 6.05. The van der Waals surface area contributed by atoms with Gasteiger partial charge in [0.25, 0.3) is 0 Å². The second-order valence-corrected chi connectivity index (χ2v) is 5.52. The Morgan fingerprint density at radius 2 is 1.12 bits per heavy atom. The first-order chi connectivity index (χ1) is 11.8. The van der Waals surface area contributed by atoms with Crippen molar-refractivity contribution in [2.45, 2.75) is 0 Å². The summed E-state index contributed by atoms with van der Waals surface area (Å²) >= 11 is 0. The molecule has 0 fully saturated rings. The highest BCUT2D eigenvalue weighted by atomic mass is 15.6. The van der Waals surface area contributed by atoms with Gasteiger partial charge < -0.3 is 0 Å². The summed E-state index contributed by atoms with van der Waals surface area (Å²) in [5, 5.41) is 6.73. The summed E-state index contributed by atoms with van der Waals surface area (Å²) in [5.74, 6) is 1.68. The summed E-state index contributed by atoms with van der Waals surface area (Å²) in [6.07, 6.45) is 0. The van der Waals surface area contributed by atoms with Crippen molar-refractivity contribution in [3.8, 4) is 0 Å². The van der Waals surface area contributed by atoms with Gasteiger partial charge in [-0.15, -0.1) is 5.10 Å². The molecule has 0 unspecified atom stereocenters.